The van der Waals surface area contributed by atoms with Gasteiger partial charge in [-0.05, 0) is 42.3 Å². The summed E-state index contributed by atoms with van der Waals surface area (Å²) in [5, 5.41) is 0. The Morgan fingerprint density at radius 2 is 1.85 bits per heavy atom. The van der Waals surface area contributed by atoms with Crippen molar-refractivity contribution < 1.29 is 8.42 Å². The summed E-state index contributed by atoms with van der Waals surface area (Å²) < 4.78 is 26.2. The lowest BCUT2D eigenvalue weighted by atomic mass is 10.2. The molecule has 6 heteroatoms. The summed E-state index contributed by atoms with van der Waals surface area (Å²) in [6.45, 7) is 2.13. The third-order valence-electron chi connectivity index (χ3n) is 3.11. The van der Waals surface area contributed by atoms with Gasteiger partial charge in [0.05, 0.1) is 4.90 Å². The van der Waals surface area contributed by atoms with Gasteiger partial charge < -0.3 is 5.73 Å². The molecule has 0 saturated heterocycles. The van der Waals surface area contributed by atoms with Gasteiger partial charge in [-0.25, -0.2) is 8.42 Å². The summed E-state index contributed by atoms with van der Waals surface area (Å²) in [5.74, 6) is 0. The molecule has 1 aromatic carbocycles. The molecule has 0 aliphatic carbocycles. The minimum atomic E-state index is -3.54. The Bertz CT molecular complexity index is 700. The number of aromatic nitrogens is 1. The van der Waals surface area contributed by atoms with E-state index in [0.717, 1.165) is 11.1 Å². The first-order valence-corrected chi connectivity index (χ1v) is 7.56. The highest BCUT2D eigenvalue weighted by Gasteiger charge is 2.21. The highest BCUT2D eigenvalue weighted by Crippen LogP contribution is 2.21. The molecule has 2 N–H and O–H groups in total. The number of nitrogens with two attached hydrogens (primary N) is 1. The van der Waals surface area contributed by atoms with E-state index < -0.39 is 10.0 Å². The zero-order valence-electron chi connectivity index (χ0n) is 11.4. The number of anilines is 1. The lowest BCUT2D eigenvalue weighted by Gasteiger charge is -2.17. The van der Waals surface area contributed by atoms with Gasteiger partial charge in [-0.2, -0.15) is 4.31 Å². The van der Waals surface area contributed by atoms with Crippen molar-refractivity contribution in [3.8, 4) is 0 Å². The second-order valence-electron chi connectivity index (χ2n) is 4.63. The number of hydrogen-bond donors (Lipinski definition) is 1. The van der Waals surface area contributed by atoms with Crippen LogP contribution in [0, 0.1) is 6.92 Å². The number of pyridine rings is 1. The molecular weight excluding hydrogens is 274 g/mol. The molecule has 106 valence electrons. The molecule has 1 aromatic heterocycles. The van der Waals surface area contributed by atoms with E-state index >= 15 is 0 Å². The second-order valence-corrected chi connectivity index (χ2v) is 6.68. The van der Waals surface area contributed by atoms with Crippen LogP contribution in [0.15, 0.2) is 47.6 Å². The third-order valence-corrected chi connectivity index (χ3v) is 4.91. The fourth-order valence-corrected chi connectivity index (χ4v) is 2.98. The molecule has 0 spiro atoms. The van der Waals surface area contributed by atoms with E-state index in [1.807, 2.05) is 6.92 Å². The predicted octanol–water partition coefficient (Wildman–Crippen LogP) is 1.79. The van der Waals surface area contributed by atoms with Crippen molar-refractivity contribution in [2.24, 2.45) is 0 Å². The number of nitrogens with zero attached hydrogens (tertiary/aromatic N) is 2. The molecule has 0 aliphatic heterocycles. The molecule has 2 aromatic rings. The van der Waals surface area contributed by atoms with Crippen LogP contribution in [0.5, 0.6) is 0 Å². The van der Waals surface area contributed by atoms with Crippen molar-refractivity contribution in [2.45, 2.75) is 18.4 Å². The number of aryl methyl sites for hydroxylation is 1. The van der Waals surface area contributed by atoms with Crippen LogP contribution in [0.4, 0.5) is 5.69 Å². The molecule has 0 unspecified atom stereocenters. The molecule has 0 amide bonds. The highest BCUT2D eigenvalue weighted by molar-refractivity contribution is 7.89. The van der Waals surface area contributed by atoms with E-state index in [1.165, 1.54) is 10.4 Å². The Kier molecular flexibility index (Phi) is 4.06. The third kappa shape index (κ3) is 2.97. The summed E-state index contributed by atoms with van der Waals surface area (Å²) in [6, 6.07) is 8.35. The van der Waals surface area contributed by atoms with Crippen molar-refractivity contribution in [3.63, 3.8) is 0 Å². The van der Waals surface area contributed by atoms with Crippen molar-refractivity contribution in [1.29, 1.82) is 0 Å². The fraction of sp³-hybridized carbons (Fsp3) is 0.214. The molecule has 0 saturated carbocycles. The van der Waals surface area contributed by atoms with Crippen LogP contribution in [0.3, 0.4) is 0 Å². The van der Waals surface area contributed by atoms with Crippen LogP contribution in [0.1, 0.15) is 11.1 Å². The van der Waals surface area contributed by atoms with Gasteiger partial charge in [-0.1, -0.05) is 6.07 Å². The number of nitrogen functional groups attached to an aromatic ring is 1. The normalized spacial score (nSPS) is 11.8. The van der Waals surface area contributed by atoms with Gasteiger partial charge in [-0.15, -0.1) is 0 Å². The Hall–Kier alpha value is -1.92. The van der Waals surface area contributed by atoms with Gasteiger partial charge in [0, 0.05) is 31.7 Å². The second kappa shape index (κ2) is 5.60. The number of rotatable bonds is 4. The summed E-state index contributed by atoms with van der Waals surface area (Å²) in [7, 11) is -2.00. The molecule has 1 heterocycles. The monoisotopic (exact) mass is 291 g/mol. The van der Waals surface area contributed by atoms with Crippen molar-refractivity contribution in [2.75, 3.05) is 12.8 Å². The Balaban J connectivity index is 2.27. The Morgan fingerprint density at radius 3 is 2.45 bits per heavy atom. The molecule has 0 bridgehead atoms. The largest absolute Gasteiger partial charge is 0.398 e. The molecule has 20 heavy (non-hydrogen) atoms. The fourth-order valence-electron chi connectivity index (χ4n) is 1.79. The van der Waals surface area contributed by atoms with E-state index in [9.17, 15) is 8.42 Å². The quantitative estimate of drug-likeness (QED) is 0.871. The van der Waals surface area contributed by atoms with E-state index in [2.05, 4.69) is 4.98 Å². The van der Waals surface area contributed by atoms with Crippen molar-refractivity contribution in [3.05, 3.63) is 53.9 Å². The number of hydrogen-bond acceptors (Lipinski definition) is 4. The lowest BCUT2D eigenvalue weighted by Crippen LogP contribution is -2.26. The van der Waals surface area contributed by atoms with Gasteiger partial charge in [0.15, 0.2) is 0 Å². The van der Waals surface area contributed by atoms with E-state index in [4.69, 9.17) is 5.73 Å². The minimum absolute atomic E-state index is 0.206. The lowest BCUT2D eigenvalue weighted by molar-refractivity contribution is 0.466. The van der Waals surface area contributed by atoms with E-state index in [1.54, 1.807) is 43.7 Å². The zero-order chi connectivity index (χ0) is 14.8. The van der Waals surface area contributed by atoms with Gasteiger partial charge in [0.2, 0.25) is 10.0 Å². The van der Waals surface area contributed by atoms with Gasteiger partial charge in [-0.3, -0.25) is 4.98 Å². The average Bonchev–Trinajstić information content (AvgIpc) is 2.42. The van der Waals surface area contributed by atoms with Crippen LogP contribution in [-0.4, -0.2) is 24.8 Å². The molecule has 0 aliphatic rings. The van der Waals surface area contributed by atoms with Gasteiger partial charge >= 0.3 is 0 Å². The summed E-state index contributed by atoms with van der Waals surface area (Å²) in [4.78, 5) is 4.12. The van der Waals surface area contributed by atoms with Crippen molar-refractivity contribution >= 4 is 15.7 Å². The molecular formula is C14H17N3O2S. The maximum absolute atomic E-state index is 12.5. The molecule has 0 fully saturated rings. The first kappa shape index (κ1) is 14.5. The number of sulfonamides is 1. The van der Waals surface area contributed by atoms with Gasteiger partial charge in [0.1, 0.15) is 0 Å². The van der Waals surface area contributed by atoms with Gasteiger partial charge in [0.25, 0.3) is 0 Å². The number of benzene rings is 1. The van der Waals surface area contributed by atoms with E-state index in [0.29, 0.717) is 12.2 Å². The Morgan fingerprint density at radius 1 is 1.20 bits per heavy atom. The molecule has 0 radical (unpaired) electrons. The molecule has 5 nitrogen and oxygen atoms in total. The van der Waals surface area contributed by atoms with Crippen LogP contribution >= 0.6 is 0 Å². The van der Waals surface area contributed by atoms with Crippen LogP contribution in [0.25, 0.3) is 0 Å². The smallest absolute Gasteiger partial charge is 0.243 e. The maximum Gasteiger partial charge on any atom is 0.243 e. The first-order chi connectivity index (χ1) is 9.41. The summed E-state index contributed by atoms with van der Waals surface area (Å²) in [6.07, 6.45) is 3.28. The Labute approximate surface area is 119 Å². The average molecular weight is 291 g/mol. The standard InChI is InChI=1S/C14H17N3O2S/c1-11-3-4-13(9-14(11)15)20(18,19)17(2)10-12-5-7-16-8-6-12/h3-9H,10,15H2,1-2H3. The molecule has 2 rings (SSSR count). The van der Waals surface area contributed by atoms with Crippen LogP contribution in [0.2, 0.25) is 0 Å². The first-order valence-electron chi connectivity index (χ1n) is 6.12. The van der Waals surface area contributed by atoms with E-state index in [-0.39, 0.29) is 4.90 Å². The van der Waals surface area contributed by atoms with Crippen molar-refractivity contribution in [1.82, 2.24) is 9.29 Å². The minimum Gasteiger partial charge on any atom is -0.398 e. The SMILES string of the molecule is Cc1ccc(S(=O)(=O)N(C)Cc2ccncc2)cc1N. The zero-order valence-corrected chi connectivity index (χ0v) is 12.3. The summed E-state index contributed by atoms with van der Waals surface area (Å²) >= 11 is 0. The topological polar surface area (TPSA) is 76.3 Å². The predicted molar refractivity (Wildman–Crippen MR) is 78.5 cm³/mol. The van der Waals surface area contributed by atoms with Crippen LogP contribution in [-0.2, 0) is 16.6 Å². The highest BCUT2D eigenvalue weighted by atomic mass is 32.2. The molecule has 0 atom stereocenters. The van der Waals surface area contributed by atoms with Crippen LogP contribution < -0.4 is 5.73 Å². The maximum atomic E-state index is 12.5. The summed E-state index contributed by atoms with van der Waals surface area (Å²) in [5.41, 5.74) is 8.00.